The molecule has 0 radical (unpaired) electrons. The maximum absolute atomic E-state index is 12.6. The number of amides is 2. The molecule has 2 aliphatic rings. The predicted molar refractivity (Wildman–Crippen MR) is 168 cm³/mol. The molecular weight excluding hydrogens is 536 g/mol. The van der Waals surface area contributed by atoms with Crippen molar-refractivity contribution < 1.29 is 9.59 Å². The Labute approximate surface area is 248 Å². The number of carbonyl (C=O) groups is 2. The number of carbonyl (C=O) groups excluding carboxylic acids is 2. The standard InChI is InChI=1S/C32H41ClN6O2/c1-24-21-30(39-15-3-2-4-16-39)36-29-10-9-26(23-28(24)29)35-32(41)12-11-31(40)34-13-6-14-37-17-19-38(20-18-37)27-8-5-7-25(33)22-27/h5,7-10,21-23H,2-4,6,11-20H2,1H3,(H,34,40)(H,35,41). The highest BCUT2D eigenvalue weighted by atomic mass is 35.5. The quantitative estimate of drug-likeness (QED) is 0.322. The number of halogens is 1. The summed E-state index contributed by atoms with van der Waals surface area (Å²) in [6.07, 6.45) is 4.94. The molecule has 5 rings (SSSR count). The van der Waals surface area contributed by atoms with Gasteiger partial charge in [0.25, 0.3) is 0 Å². The highest BCUT2D eigenvalue weighted by Crippen LogP contribution is 2.27. The van der Waals surface area contributed by atoms with Crippen LogP contribution in [0.3, 0.4) is 0 Å². The maximum atomic E-state index is 12.6. The zero-order valence-electron chi connectivity index (χ0n) is 24.0. The number of anilines is 3. The molecule has 2 fully saturated rings. The van der Waals surface area contributed by atoms with Crippen molar-refractivity contribution in [3.05, 3.63) is 59.1 Å². The van der Waals surface area contributed by atoms with Crippen LogP contribution in [-0.4, -0.2) is 74.1 Å². The van der Waals surface area contributed by atoms with E-state index in [2.05, 4.69) is 44.4 Å². The summed E-state index contributed by atoms with van der Waals surface area (Å²) in [5, 5.41) is 7.71. The minimum absolute atomic E-state index is 0.0882. The Morgan fingerprint density at radius 2 is 1.66 bits per heavy atom. The van der Waals surface area contributed by atoms with Crippen LogP contribution in [0.2, 0.25) is 5.02 Å². The number of rotatable bonds is 10. The first-order chi connectivity index (χ1) is 19.9. The van der Waals surface area contributed by atoms with Gasteiger partial charge in [-0.15, -0.1) is 0 Å². The lowest BCUT2D eigenvalue weighted by Crippen LogP contribution is -2.47. The molecule has 8 nitrogen and oxygen atoms in total. The monoisotopic (exact) mass is 576 g/mol. The van der Waals surface area contributed by atoms with Gasteiger partial charge in [0.05, 0.1) is 5.52 Å². The molecule has 0 unspecified atom stereocenters. The third-order valence-corrected chi connectivity index (χ3v) is 8.30. The van der Waals surface area contributed by atoms with Crippen molar-refractivity contribution in [2.75, 3.05) is 67.5 Å². The van der Waals surface area contributed by atoms with Crippen LogP contribution in [0, 0.1) is 6.92 Å². The maximum Gasteiger partial charge on any atom is 0.224 e. The van der Waals surface area contributed by atoms with Gasteiger partial charge in [-0.1, -0.05) is 17.7 Å². The SMILES string of the molecule is Cc1cc(N2CCCCC2)nc2ccc(NC(=O)CCC(=O)NCCCN3CCN(c4cccc(Cl)c4)CC3)cc12. The molecule has 9 heteroatoms. The van der Waals surface area contributed by atoms with E-state index >= 15 is 0 Å². The van der Waals surface area contributed by atoms with Crippen LogP contribution in [0.25, 0.3) is 10.9 Å². The van der Waals surface area contributed by atoms with Crippen LogP contribution in [0.5, 0.6) is 0 Å². The van der Waals surface area contributed by atoms with E-state index in [0.29, 0.717) is 6.54 Å². The molecule has 0 atom stereocenters. The first-order valence-electron chi connectivity index (χ1n) is 14.9. The van der Waals surface area contributed by atoms with Crippen molar-refractivity contribution in [2.24, 2.45) is 0 Å². The fourth-order valence-electron chi connectivity index (χ4n) is 5.71. The van der Waals surface area contributed by atoms with Crippen molar-refractivity contribution in [2.45, 2.75) is 45.4 Å². The zero-order chi connectivity index (χ0) is 28.6. The first kappa shape index (κ1) is 29.1. The van der Waals surface area contributed by atoms with Crippen molar-refractivity contribution in [3.8, 4) is 0 Å². The van der Waals surface area contributed by atoms with Gasteiger partial charge in [-0.25, -0.2) is 4.98 Å². The number of nitrogens with one attached hydrogen (secondary N) is 2. The van der Waals surface area contributed by atoms with Gasteiger partial charge >= 0.3 is 0 Å². The summed E-state index contributed by atoms with van der Waals surface area (Å²) in [7, 11) is 0. The van der Waals surface area contributed by atoms with Gasteiger partial charge in [0, 0.05) is 80.4 Å². The van der Waals surface area contributed by atoms with E-state index in [-0.39, 0.29) is 24.7 Å². The number of piperidine rings is 1. The lowest BCUT2D eigenvalue weighted by Gasteiger charge is -2.36. The summed E-state index contributed by atoms with van der Waals surface area (Å²) in [5.41, 5.74) is 3.98. The first-order valence-corrected chi connectivity index (χ1v) is 15.3. The Hall–Kier alpha value is -3.36. The number of piperazine rings is 1. The Morgan fingerprint density at radius 1 is 0.878 bits per heavy atom. The van der Waals surface area contributed by atoms with E-state index < -0.39 is 0 Å². The molecule has 218 valence electrons. The van der Waals surface area contributed by atoms with Crippen LogP contribution in [0.4, 0.5) is 17.2 Å². The Balaban J connectivity index is 0.993. The van der Waals surface area contributed by atoms with E-state index in [1.165, 1.54) is 24.9 Å². The average molecular weight is 577 g/mol. The zero-order valence-corrected chi connectivity index (χ0v) is 24.8. The van der Waals surface area contributed by atoms with Gasteiger partial charge in [-0.3, -0.25) is 14.5 Å². The van der Waals surface area contributed by atoms with Crippen molar-refractivity contribution in [1.29, 1.82) is 0 Å². The Kier molecular flexibility index (Phi) is 9.96. The molecule has 0 spiro atoms. The summed E-state index contributed by atoms with van der Waals surface area (Å²) in [4.78, 5) is 36.9. The van der Waals surface area contributed by atoms with E-state index in [9.17, 15) is 9.59 Å². The minimum Gasteiger partial charge on any atom is -0.369 e. The topological polar surface area (TPSA) is 80.8 Å². The van der Waals surface area contributed by atoms with Gasteiger partial charge in [0.15, 0.2) is 0 Å². The van der Waals surface area contributed by atoms with E-state index in [4.69, 9.17) is 16.6 Å². The lowest BCUT2D eigenvalue weighted by molar-refractivity contribution is -0.124. The number of benzene rings is 2. The van der Waals surface area contributed by atoms with Crippen LogP contribution in [-0.2, 0) is 9.59 Å². The average Bonchev–Trinajstić information content (AvgIpc) is 2.99. The smallest absolute Gasteiger partial charge is 0.224 e. The van der Waals surface area contributed by atoms with Crippen LogP contribution in [0.15, 0.2) is 48.5 Å². The van der Waals surface area contributed by atoms with E-state index in [0.717, 1.165) is 85.2 Å². The molecule has 2 saturated heterocycles. The highest BCUT2D eigenvalue weighted by Gasteiger charge is 2.18. The highest BCUT2D eigenvalue weighted by molar-refractivity contribution is 6.30. The third-order valence-electron chi connectivity index (χ3n) is 8.06. The molecule has 2 aromatic carbocycles. The van der Waals surface area contributed by atoms with E-state index in [1.54, 1.807) is 0 Å². The van der Waals surface area contributed by atoms with E-state index in [1.807, 2.05) is 36.4 Å². The number of pyridine rings is 1. The summed E-state index contributed by atoms with van der Waals surface area (Å²) >= 11 is 6.13. The molecule has 2 amide bonds. The number of fused-ring (bicyclic) bond motifs is 1. The number of nitrogens with zero attached hydrogens (tertiary/aromatic N) is 4. The third kappa shape index (κ3) is 8.11. The summed E-state index contributed by atoms with van der Waals surface area (Å²) < 4.78 is 0. The van der Waals surface area contributed by atoms with Crippen LogP contribution in [0.1, 0.15) is 44.1 Å². The number of aryl methyl sites for hydroxylation is 1. The number of hydrogen-bond acceptors (Lipinski definition) is 6. The lowest BCUT2D eigenvalue weighted by atomic mass is 10.1. The number of hydrogen-bond donors (Lipinski definition) is 2. The van der Waals surface area contributed by atoms with Gasteiger partial charge in [-0.05, 0) is 87.2 Å². The van der Waals surface area contributed by atoms with Gasteiger partial charge < -0.3 is 20.4 Å². The largest absolute Gasteiger partial charge is 0.369 e. The summed E-state index contributed by atoms with van der Waals surface area (Å²) in [6, 6.07) is 16.0. The molecule has 3 aromatic rings. The van der Waals surface area contributed by atoms with Gasteiger partial charge in [0.2, 0.25) is 11.8 Å². The molecule has 3 heterocycles. The normalized spacial score (nSPS) is 16.1. The molecule has 0 aliphatic carbocycles. The fraction of sp³-hybridized carbons (Fsp3) is 0.469. The molecule has 0 saturated carbocycles. The summed E-state index contributed by atoms with van der Waals surface area (Å²) in [6.45, 7) is 9.68. The molecular formula is C32H41ClN6O2. The second-order valence-corrected chi connectivity index (χ2v) is 11.6. The molecule has 0 bridgehead atoms. The van der Waals surface area contributed by atoms with Crippen molar-refractivity contribution in [3.63, 3.8) is 0 Å². The summed E-state index contributed by atoms with van der Waals surface area (Å²) in [5.74, 6) is 0.788. The molecule has 41 heavy (non-hydrogen) atoms. The second kappa shape index (κ2) is 14.0. The van der Waals surface area contributed by atoms with Crippen molar-refractivity contribution >= 4 is 51.5 Å². The number of aromatic nitrogens is 1. The minimum atomic E-state index is -0.160. The van der Waals surface area contributed by atoms with Crippen LogP contribution >= 0.6 is 11.6 Å². The molecule has 2 aliphatic heterocycles. The second-order valence-electron chi connectivity index (χ2n) is 11.1. The fourth-order valence-corrected chi connectivity index (χ4v) is 5.90. The molecule has 1 aromatic heterocycles. The van der Waals surface area contributed by atoms with Gasteiger partial charge in [0.1, 0.15) is 5.82 Å². The van der Waals surface area contributed by atoms with Gasteiger partial charge in [-0.2, -0.15) is 0 Å². The Morgan fingerprint density at radius 3 is 2.44 bits per heavy atom. The predicted octanol–water partition coefficient (Wildman–Crippen LogP) is 5.23. The molecule has 2 N–H and O–H groups in total. The van der Waals surface area contributed by atoms with Crippen molar-refractivity contribution in [1.82, 2.24) is 15.2 Å². The Bertz CT molecular complexity index is 1350. The van der Waals surface area contributed by atoms with Crippen LogP contribution < -0.4 is 20.4 Å².